The normalized spacial score (nSPS) is 17.5. The Morgan fingerprint density at radius 3 is 2.14 bits per heavy atom. The number of benzene rings is 2. The van der Waals surface area contributed by atoms with Crippen molar-refractivity contribution in [3.63, 3.8) is 0 Å². The van der Waals surface area contributed by atoms with E-state index in [-0.39, 0.29) is 10.8 Å². The van der Waals surface area contributed by atoms with Crippen LogP contribution in [0, 0.1) is 6.92 Å². The first-order valence-electron chi connectivity index (χ1n) is 10.3. The zero-order valence-corrected chi connectivity index (χ0v) is 18.4. The number of hydrogen-bond acceptors (Lipinski definition) is 3. The summed E-state index contributed by atoms with van der Waals surface area (Å²) in [5.74, 6) is 5.63. The zero-order chi connectivity index (χ0) is 21.4. The highest BCUT2D eigenvalue weighted by atomic mass is 15.5. The van der Waals surface area contributed by atoms with Crippen molar-refractivity contribution in [2.75, 3.05) is 0 Å². The SMILES string of the molecule is C=C(c1ccc(C/C(N)=N/NN)cc1)c1cc2c(cc1C)C(C)(C)CCC2(C)C. The summed E-state index contributed by atoms with van der Waals surface area (Å²) in [7, 11) is 0. The van der Waals surface area contributed by atoms with Crippen LogP contribution in [-0.4, -0.2) is 5.84 Å². The highest BCUT2D eigenvalue weighted by molar-refractivity contribution is 5.83. The third kappa shape index (κ3) is 4.23. The lowest BCUT2D eigenvalue weighted by molar-refractivity contribution is 0.331. The van der Waals surface area contributed by atoms with E-state index in [0.717, 1.165) is 16.7 Å². The van der Waals surface area contributed by atoms with Crippen LogP contribution in [0.3, 0.4) is 0 Å². The highest BCUT2D eigenvalue weighted by Gasteiger charge is 2.37. The average molecular weight is 391 g/mol. The van der Waals surface area contributed by atoms with Gasteiger partial charge in [0, 0.05) is 6.42 Å². The molecule has 2 aromatic carbocycles. The number of aryl methyl sites for hydroxylation is 1. The van der Waals surface area contributed by atoms with Crippen LogP contribution in [0.1, 0.15) is 73.9 Å². The Morgan fingerprint density at radius 2 is 1.59 bits per heavy atom. The van der Waals surface area contributed by atoms with Crippen molar-refractivity contribution in [1.82, 2.24) is 5.53 Å². The number of hydrazone groups is 1. The summed E-state index contributed by atoms with van der Waals surface area (Å²) in [6.45, 7) is 16.1. The Morgan fingerprint density at radius 1 is 1.03 bits per heavy atom. The van der Waals surface area contributed by atoms with Crippen molar-refractivity contribution in [3.05, 3.63) is 76.4 Å². The minimum Gasteiger partial charge on any atom is -0.385 e. The molecular weight excluding hydrogens is 356 g/mol. The summed E-state index contributed by atoms with van der Waals surface area (Å²) in [4.78, 5) is 0. The fraction of sp³-hybridized carbons (Fsp3) is 0.400. The van der Waals surface area contributed by atoms with Crippen LogP contribution in [0.2, 0.25) is 0 Å². The zero-order valence-electron chi connectivity index (χ0n) is 18.4. The Balaban J connectivity index is 1.95. The summed E-state index contributed by atoms with van der Waals surface area (Å²) in [5, 5.41) is 3.81. The van der Waals surface area contributed by atoms with E-state index in [4.69, 9.17) is 11.6 Å². The van der Waals surface area contributed by atoms with Crippen LogP contribution in [0.25, 0.3) is 5.57 Å². The van der Waals surface area contributed by atoms with Gasteiger partial charge in [-0.25, -0.2) is 11.4 Å². The summed E-state index contributed by atoms with van der Waals surface area (Å²) >= 11 is 0. The van der Waals surface area contributed by atoms with Crippen molar-refractivity contribution in [2.24, 2.45) is 16.7 Å². The minimum absolute atomic E-state index is 0.186. The van der Waals surface area contributed by atoms with E-state index in [1.807, 2.05) is 0 Å². The molecule has 1 aliphatic rings. The monoisotopic (exact) mass is 390 g/mol. The quantitative estimate of drug-likeness (QED) is 0.300. The van der Waals surface area contributed by atoms with Gasteiger partial charge in [-0.15, -0.1) is 0 Å². The summed E-state index contributed by atoms with van der Waals surface area (Å²) in [5.41, 5.74) is 17.2. The van der Waals surface area contributed by atoms with E-state index >= 15 is 0 Å². The molecule has 0 amide bonds. The lowest BCUT2D eigenvalue weighted by Gasteiger charge is -2.42. The van der Waals surface area contributed by atoms with E-state index in [2.05, 4.69) is 88.2 Å². The van der Waals surface area contributed by atoms with E-state index in [9.17, 15) is 0 Å². The lowest BCUT2D eigenvalue weighted by atomic mass is 9.62. The van der Waals surface area contributed by atoms with Crippen molar-refractivity contribution in [2.45, 2.75) is 64.7 Å². The second-order valence-corrected chi connectivity index (χ2v) is 9.56. The number of hydrazine groups is 1. The van der Waals surface area contributed by atoms with Gasteiger partial charge in [0.05, 0.1) is 0 Å². The largest absolute Gasteiger partial charge is 0.385 e. The molecule has 0 atom stereocenters. The molecule has 0 heterocycles. The Labute approximate surface area is 175 Å². The van der Waals surface area contributed by atoms with E-state index in [1.54, 1.807) is 0 Å². The average Bonchev–Trinajstić information content (AvgIpc) is 2.65. The third-order valence-electron chi connectivity index (χ3n) is 6.42. The highest BCUT2D eigenvalue weighted by Crippen LogP contribution is 2.47. The maximum Gasteiger partial charge on any atom is 0.125 e. The van der Waals surface area contributed by atoms with E-state index in [0.29, 0.717) is 12.3 Å². The number of nitrogens with one attached hydrogen (secondary N) is 1. The lowest BCUT2D eigenvalue weighted by Crippen LogP contribution is -2.34. The van der Waals surface area contributed by atoms with E-state index < -0.39 is 0 Å². The Hall–Kier alpha value is -2.59. The molecule has 1 aliphatic carbocycles. The molecule has 0 aromatic heterocycles. The fourth-order valence-corrected chi connectivity index (χ4v) is 4.36. The maximum atomic E-state index is 5.83. The smallest absolute Gasteiger partial charge is 0.125 e. The molecule has 0 fully saturated rings. The molecule has 0 unspecified atom stereocenters. The molecule has 0 saturated carbocycles. The second-order valence-electron chi connectivity index (χ2n) is 9.56. The van der Waals surface area contributed by atoms with Crippen molar-refractivity contribution >= 4 is 11.4 Å². The van der Waals surface area contributed by atoms with Gasteiger partial charge in [0.1, 0.15) is 5.84 Å². The molecule has 5 N–H and O–H groups in total. The van der Waals surface area contributed by atoms with Crippen molar-refractivity contribution < 1.29 is 0 Å². The topological polar surface area (TPSA) is 76.4 Å². The first kappa shape index (κ1) is 21.1. The number of fused-ring (bicyclic) bond motifs is 1. The molecule has 2 aromatic rings. The number of amidine groups is 1. The predicted octanol–water partition coefficient (Wildman–Crippen LogP) is 4.68. The van der Waals surface area contributed by atoms with Gasteiger partial charge in [0.25, 0.3) is 0 Å². The van der Waals surface area contributed by atoms with Crippen molar-refractivity contribution in [3.8, 4) is 0 Å². The molecule has 154 valence electrons. The predicted molar refractivity (Wildman–Crippen MR) is 124 cm³/mol. The van der Waals surface area contributed by atoms with Crippen LogP contribution < -0.4 is 17.1 Å². The van der Waals surface area contributed by atoms with Crippen molar-refractivity contribution in [1.29, 1.82) is 0 Å². The molecule has 3 rings (SSSR count). The standard InChI is InChI=1S/C25H34N4/c1-16-13-21-22(25(5,6)12-11-24(21,3)4)15-20(16)17(2)19-9-7-18(8-10-19)14-23(26)28-29-27/h7-10,13,15,29H,2,11-12,14,27H2,1,3-6H3,(H2,26,28). The van der Waals surface area contributed by atoms with Crippen LogP contribution in [-0.2, 0) is 17.3 Å². The maximum absolute atomic E-state index is 5.83. The molecule has 0 radical (unpaired) electrons. The van der Waals surface area contributed by atoms with Gasteiger partial charge in [-0.1, -0.05) is 70.7 Å². The minimum atomic E-state index is 0.186. The van der Waals surface area contributed by atoms with Crippen LogP contribution in [0.4, 0.5) is 0 Å². The van der Waals surface area contributed by atoms with Gasteiger partial charge in [0.15, 0.2) is 0 Å². The molecule has 29 heavy (non-hydrogen) atoms. The molecule has 4 nitrogen and oxygen atoms in total. The first-order chi connectivity index (χ1) is 13.5. The van der Waals surface area contributed by atoms with Gasteiger partial charge in [0.2, 0.25) is 0 Å². The first-order valence-corrected chi connectivity index (χ1v) is 10.3. The summed E-state index contributed by atoms with van der Waals surface area (Å²) in [6.07, 6.45) is 2.98. The number of nitrogens with zero attached hydrogens (tertiary/aromatic N) is 1. The van der Waals surface area contributed by atoms with Crippen LogP contribution >= 0.6 is 0 Å². The fourth-order valence-electron chi connectivity index (χ4n) is 4.36. The number of rotatable bonds is 5. The molecule has 0 aliphatic heterocycles. The van der Waals surface area contributed by atoms with E-state index in [1.165, 1.54) is 35.1 Å². The summed E-state index contributed by atoms with van der Waals surface area (Å²) < 4.78 is 0. The summed E-state index contributed by atoms with van der Waals surface area (Å²) in [6, 6.07) is 13.1. The Kier molecular flexibility index (Phi) is 5.59. The molecular formula is C25H34N4. The van der Waals surface area contributed by atoms with Crippen LogP contribution in [0.15, 0.2) is 48.1 Å². The number of nitrogens with two attached hydrogens (primary N) is 2. The van der Waals surface area contributed by atoms with Gasteiger partial charge < -0.3 is 5.73 Å². The Bertz CT molecular complexity index is 950. The molecule has 0 saturated heterocycles. The van der Waals surface area contributed by atoms with Gasteiger partial charge in [-0.3, -0.25) is 0 Å². The molecule has 0 bridgehead atoms. The third-order valence-corrected chi connectivity index (χ3v) is 6.42. The molecule has 0 spiro atoms. The van der Waals surface area contributed by atoms with Gasteiger partial charge >= 0.3 is 0 Å². The second kappa shape index (κ2) is 7.68. The van der Waals surface area contributed by atoms with Gasteiger partial charge in [-0.2, -0.15) is 5.10 Å². The number of hydrogen-bond donors (Lipinski definition) is 3. The molecule has 4 heteroatoms. The van der Waals surface area contributed by atoms with Gasteiger partial charge in [-0.05, 0) is 69.5 Å². The van der Waals surface area contributed by atoms with Crippen LogP contribution in [0.5, 0.6) is 0 Å².